The Morgan fingerprint density at radius 3 is 2.39 bits per heavy atom. The van der Waals surface area contributed by atoms with Gasteiger partial charge in [0.1, 0.15) is 5.75 Å². The zero-order valence-electron chi connectivity index (χ0n) is 16.5. The topological polar surface area (TPSA) is 61.9 Å². The minimum absolute atomic E-state index is 0.0179. The molecule has 1 aromatic carbocycles. The third-order valence-corrected chi connectivity index (χ3v) is 5.95. The summed E-state index contributed by atoms with van der Waals surface area (Å²) in [6.45, 7) is 5.35. The van der Waals surface area contributed by atoms with Gasteiger partial charge in [-0.2, -0.15) is 0 Å². The SMILES string of the molecule is CCNC(=O)C(C1CCCC1)N1CCN(C(=O)COc2ccc(Cl)cc2)CC1. The number of rotatable bonds is 7. The molecule has 1 aliphatic carbocycles. The number of likely N-dealkylation sites (N-methyl/N-ethyl adjacent to an activating group) is 1. The van der Waals surface area contributed by atoms with E-state index in [4.69, 9.17) is 16.3 Å². The number of benzene rings is 1. The third-order valence-electron chi connectivity index (χ3n) is 5.70. The molecular weight excluding hydrogens is 378 g/mol. The summed E-state index contributed by atoms with van der Waals surface area (Å²) in [5.74, 6) is 1.18. The van der Waals surface area contributed by atoms with E-state index in [0.717, 1.165) is 25.9 Å². The van der Waals surface area contributed by atoms with Crippen LogP contribution < -0.4 is 10.1 Å². The first-order valence-electron chi connectivity index (χ1n) is 10.3. The number of halogens is 1. The fourth-order valence-corrected chi connectivity index (χ4v) is 4.37. The molecule has 0 spiro atoms. The monoisotopic (exact) mass is 407 g/mol. The van der Waals surface area contributed by atoms with E-state index in [2.05, 4.69) is 10.2 Å². The Kier molecular flexibility index (Phi) is 7.57. The van der Waals surface area contributed by atoms with Gasteiger partial charge < -0.3 is 15.0 Å². The summed E-state index contributed by atoms with van der Waals surface area (Å²) in [4.78, 5) is 29.2. The molecule has 1 aliphatic heterocycles. The Bertz CT molecular complexity index is 653. The van der Waals surface area contributed by atoms with E-state index in [1.807, 2.05) is 11.8 Å². The second-order valence-corrected chi connectivity index (χ2v) is 7.98. The molecule has 3 rings (SSSR count). The van der Waals surface area contributed by atoms with Crippen LogP contribution in [0.15, 0.2) is 24.3 Å². The van der Waals surface area contributed by atoms with Crippen LogP contribution in [0.1, 0.15) is 32.6 Å². The first-order valence-corrected chi connectivity index (χ1v) is 10.6. The summed E-state index contributed by atoms with van der Waals surface area (Å²) < 4.78 is 5.57. The number of nitrogens with zero attached hydrogens (tertiary/aromatic N) is 2. The molecule has 1 atom stereocenters. The fourth-order valence-electron chi connectivity index (χ4n) is 4.25. The predicted molar refractivity (Wildman–Crippen MR) is 110 cm³/mol. The smallest absolute Gasteiger partial charge is 0.260 e. The minimum atomic E-state index is -0.0648. The van der Waals surface area contributed by atoms with Gasteiger partial charge in [-0.15, -0.1) is 0 Å². The number of nitrogens with one attached hydrogen (secondary N) is 1. The molecule has 1 unspecified atom stereocenters. The van der Waals surface area contributed by atoms with Crippen molar-refractivity contribution in [3.63, 3.8) is 0 Å². The first kappa shape index (κ1) is 20.9. The summed E-state index contributed by atoms with van der Waals surface area (Å²) in [7, 11) is 0. The lowest BCUT2D eigenvalue weighted by atomic mass is 9.95. The van der Waals surface area contributed by atoms with Gasteiger partial charge in [-0.25, -0.2) is 0 Å². The van der Waals surface area contributed by atoms with Crippen LogP contribution in [-0.2, 0) is 9.59 Å². The Labute approximate surface area is 172 Å². The van der Waals surface area contributed by atoms with Crippen molar-refractivity contribution >= 4 is 23.4 Å². The van der Waals surface area contributed by atoms with Crippen LogP contribution in [0.25, 0.3) is 0 Å². The maximum Gasteiger partial charge on any atom is 0.260 e. The second kappa shape index (κ2) is 10.1. The van der Waals surface area contributed by atoms with Gasteiger partial charge in [0.15, 0.2) is 6.61 Å². The highest BCUT2D eigenvalue weighted by Crippen LogP contribution is 2.31. The van der Waals surface area contributed by atoms with Gasteiger partial charge in [0.25, 0.3) is 5.91 Å². The first-order chi connectivity index (χ1) is 13.6. The van der Waals surface area contributed by atoms with E-state index in [9.17, 15) is 9.59 Å². The molecule has 0 radical (unpaired) electrons. The standard InChI is InChI=1S/C21H30ClN3O3/c1-2-23-21(27)20(16-5-3-4-6-16)25-13-11-24(12-14-25)19(26)15-28-18-9-7-17(22)8-10-18/h7-10,16,20H,2-6,11-15H2,1H3,(H,23,27). The molecular formula is C21H30ClN3O3. The van der Waals surface area contributed by atoms with Gasteiger partial charge in [0.05, 0.1) is 6.04 Å². The van der Waals surface area contributed by atoms with Crippen LogP contribution in [0.3, 0.4) is 0 Å². The van der Waals surface area contributed by atoms with Crippen LogP contribution in [0, 0.1) is 5.92 Å². The number of carbonyl (C=O) groups excluding carboxylic acids is 2. The lowest BCUT2D eigenvalue weighted by molar-refractivity contribution is -0.137. The molecule has 1 heterocycles. The summed E-state index contributed by atoms with van der Waals surface area (Å²) >= 11 is 5.86. The van der Waals surface area contributed by atoms with Crippen LogP contribution in [0.2, 0.25) is 5.02 Å². The molecule has 2 fully saturated rings. The molecule has 1 N–H and O–H groups in total. The number of carbonyl (C=O) groups is 2. The molecule has 28 heavy (non-hydrogen) atoms. The van der Waals surface area contributed by atoms with Crippen LogP contribution in [-0.4, -0.2) is 67.0 Å². The zero-order chi connectivity index (χ0) is 19.9. The number of hydrogen-bond donors (Lipinski definition) is 1. The highest BCUT2D eigenvalue weighted by atomic mass is 35.5. The van der Waals surface area contributed by atoms with E-state index in [-0.39, 0.29) is 24.5 Å². The van der Waals surface area contributed by atoms with Crippen molar-refractivity contribution in [2.45, 2.75) is 38.6 Å². The van der Waals surface area contributed by atoms with Gasteiger partial charge >= 0.3 is 0 Å². The zero-order valence-corrected chi connectivity index (χ0v) is 17.3. The lowest BCUT2D eigenvalue weighted by Gasteiger charge is -2.40. The maximum absolute atomic E-state index is 12.7. The van der Waals surface area contributed by atoms with Gasteiger partial charge in [-0.3, -0.25) is 14.5 Å². The Morgan fingerprint density at radius 2 is 1.79 bits per heavy atom. The normalized spacial score (nSPS) is 19.4. The van der Waals surface area contributed by atoms with Crippen molar-refractivity contribution < 1.29 is 14.3 Å². The van der Waals surface area contributed by atoms with Crippen molar-refractivity contribution in [3.05, 3.63) is 29.3 Å². The van der Waals surface area contributed by atoms with Gasteiger partial charge in [0.2, 0.25) is 5.91 Å². The Balaban J connectivity index is 1.50. The molecule has 6 nitrogen and oxygen atoms in total. The molecule has 7 heteroatoms. The summed E-state index contributed by atoms with van der Waals surface area (Å²) in [5.41, 5.74) is 0. The van der Waals surface area contributed by atoms with E-state index in [1.165, 1.54) is 12.8 Å². The molecule has 2 aliphatic rings. The average Bonchev–Trinajstić information content (AvgIpc) is 3.22. The Hall–Kier alpha value is -1.79. The molecule has 1 saturated carbocycles. The Morgan fingerprint density at radius 1 is 1.14 bits per heavy atom. The largest absolute Gasteiger partial charge is 0.484 e. The van der Waals surface area contributed by atoms with Crippen LogP contribution in [0.4, 0.5) is 0 Å². The average molecular weight is 408 g/mol. The number of piperazine rings is 1. The van der Waals surface area contributed by atoms with Crippen molar-refractivity contribution in [2.24, 2.45) is 5.92 Å². The quantitative estimate of drug-likeness (QED) is 0.754. The van der Waals surface area contributed by atoms with E-state index in [1.54, 1.807) is 24.3 Å². The molecule has 0 aromatic heterocycles. The number of ether oxygens (including phenoxy) is 1. The van der Waals surface area contributed by atoms with Crippen molar-refractivity contribution in [1.82, 2.24) is 15.1 Å². The van der Waals surface area contributed by atoms with Gasteiger partial charge in [0, 0.05) is 37.7 Å². The van der Waals surface area contributed by atoms with E-state index < -0.39 is 0 Å². The summed E-state index contributed by atoms with van der Waals surface area (Å²) in [5, 5.41) is 3.64. The molecule has 1 saturated heterocycles. The van der Waals surface area contributed by atoms with Crippen LogP contribution >= 0.6 is 11.6 Å². The summed E-state index contributed by atoms with van der Waals surface area (Å²) in [6.07, 6.45) is 4.66. The minimum Gasteiger partial charge on any atom is -0.484 e. The third kappa shape index (κ3) is 5.39. The molecule has 2 amide bonds. The van der Waals surface area contributed by atoms with Crippen molar-refractivity contribution in [3.8, 4) is 5.75 Å². The van der Waals surface area contributed by atoms with Crippen molar-refractivity contribution in [2.75, 3.05) is 39.3 Å². The second-order valence-electron chi connectivity index (χ2n) is 7.54. The highest BCUT2D eigenvalue weighted by Gasteiger charge is 2.37. The fraction of sp³-hybridized carbons (Fsp3) is 0.619. The van der Waals surface area contributed by atoms with Gasteiger partial charge in [-0.05, 0) is 49.9 Å². The predicted octanol–water partition coefficient (Wildman–Crippen LogP) is 2.56. The van der Waals surface area contributed by atoms with Crippen molar-refractivity contribution in [1.29, 1.82) is 0 Å². The van der Waals surface area contributed by atoms with Gasteiger partial charge in [-0.1, -0.05) is 24.4 Å². The van der Waals surface area contributed by atoms with E-state index >= 15 is 0 Å². The highest BCUT2D eigenvalue weighted by molar-refractivity contribution is 6.30. The summed E-state index contributed by atoms with van der Waals surface area (Å²) in [6, 6.07) is 6.93. The lowest BCUT2D eigenvalue weighted by Crippen LogP contribution is -2.58. The van der Waals surface area contributed by atoms with Crippen LogP contribution in [0.5, 0.6) is 5.75 Å². The number of amides is 2. The molecule has 0 bridgehead atoms. The molecule has 1 aromatic rings. The van der Waals surface area contributed by atoms with E-state index in [0.29, 0.717) is 36.3 Å². The molecule has 154 valence electrons. The number of hydrogen-bond acceptors (Lipinski definition) is 4. The maximum atomic E-state index is 12.7.